The van der Waals surface area contributed by atoms with Crippen LogP contribution in [0.3, 0.4) is 0 Å². The van der Waals surface area contributed by atoms with Gasteiger partial charge < -0.3 is 4.55 Å². The Morgan fingerprint density at radius 3 is 2.72 bits per heavy atom. The molecule has 0 aromatic carbocycles. The lowest BCUT2D eigenvalue weighted by Gasteiger charge is -2.21. The first-order valence-electron chi connectivity index (χ1n) is 6.03. The third kappa shape index (κ3) is 2.65. The number of hydrogen-bond acceptors (Lipinski definition) is 3. The second-order valence-electron chi connectivity index (χ2n) is 5.47. The number of nitrogens with zero attached hydrogens (tertiary/aromatic N) is 3. The highest BCUT2D eigenvalue weighted by Gasteiger charge is 2.30. The fourth-order valence-electron chi connectivity index (χ4n) is 1.84. The molecule has 6 heteroatoms. The molecule has 0 saturated carbocycles. The van der Waals surface area contributed by atoms with Crippen molar-refractivity contribution in [1.29, 1.82) is 0 Å². The van der Waals surface area contributed by atoms with Gasteiger partial charge in [0, 0.05) is 6.54 Å². The molecule has 0 aliphatic carbocycles. The van der Waals surface area contributed by atoms with Crippen molar-refractivity contribution in [2.24, 2.45) is 4.40 Å². The lowest BCUT2D eigenvalue weighted by atomic mass is 10.1. The van der Waals surface area contributed by atoms with Crippen LogP contribution >= 0.6 is 15.9 Å². The van der Waals surface area contributed by atoms with E-state index in [0.717, 1.165) is 41.0 Å². The van der Waals surface area contributed by atoms with Crippen molar-refractivity contribution in [3.63, 3.8) is 0 Å². The molecular formula is C12H18BrN3OS. The number of fused-ring (bicyclic) bond motifs is 1. The van der Waals surface area contributed by atoms with Crippen molar-refractivity contribution in [2.45, 2.75) is 51.8 Å². The first kappa shape index (κ1) is 14.1. The largest absolute Gasteiger partial charge is 0.591 e. The fourth-order valence-corrected chi connectivity index (χ4v) is 3.00. The van der Waals surface area contributed by atoms with E-state index in [-0.39, 0.29) is 4.75 Å². The molecule has 0 amide bonds. The minimum Gasteiger partial charge on any atom is -0.591 e. The number of aryl methyl sites for hydroxylation is 2. The molecule has 18 heavy (non-hydrogen) atoms. The van der Waals surface area contributed by atoms with Crippen molar-refractivity contribution in [3.8, 4) is 0 Å². The first-order chi connectivity index (χ1) is 8.30. The maximum absolute atomic E-state index is 12.1. The molecule has 0 radical (unpaired) electrons. The molecule has 1 aromatic heterocycles. The summed E-state index contributed by atoms with van der Waals surface area (Å²) in [5.41, 5.74) is 2.86. The van der Waals surface area contributed by atoms with Gasteiger partial charge in [-0.05, 0) is 56.5 Å². The zero-order valence-electron chi connectivity index (χ0n) is 11.2. The topological polar surface area (TPSA) is 53.2 Å². The number of hydrogen-bond donors (Lipinski definition) is 0. The Hall–Kier alpha value is -0.330. The van der Waals surface area contributed by atoms with Crippen LogP contribution in [0.25, 0.3) is 0 Å². The van der Waals surface area contributed by atoms with Crippen LogP contribution in [0.4, 0.5) is 0 Å². The molecule has 4 nitrogen and oxygen atoms in total. The van der Waals surface area contributed by atoms with Crippen LogP contribution in [0.2, 0.25) is 0 Å². The molecule has 1 aliphatic heterocycles. The van der Waals surface area contributed by atoms with Crippen molar-refractivity contribution in [3.05, 3.63) is 15.9 Å². The SMILES string of the molecule is Cc1nn2c(c1Br)C(=N[S+]([O-])C(C)(C)C)CCC2. The summed E-state index contributed by atoms with van der Waals surface area (Å²) in [6.07, 6.45) is 1.87. The highest BCUT2D eigenvalue weighted by atomic mass is 79.9. The Balaban J connectivity index is 2.41. The van der Waals surface area contributed by atoms with E-state index in [2.05, 4.69) is 25.4 Å². The van der Waals surface area contributed by atoms with Gasteiger partial charge >= 0.3 is 0 Å². The quantitative estimate of drug-likeness (QED) is 0.743. The van der Waals surface area contributed by atoms with Gasteiger partial charge in [-0.15, -0.1) is 0 Å². The van der Waals surface area contributed by atoms with Crippen molar-refractivity contribution in [2.75, 3.05) is 0 Å². The summed E-state index contributed by atoms with van der Waals surface area (Å²) >= 11 is 2.34. The maximum Gasteiger partial charge on any atom is 0.144 e. The number of rotatable bonds is 1. The second-order valence-corrected chi connectivity index (χ2v) is 8.17. The van der Waals surface area contributed by atoms with Crippen LogP contribution in [-0.2, 0) is 17.9 Å². The van der Waals surface area contributed by atoms with Gasteiger partial charge in [0.25, 0.3) is 0 Å². The van der Waals surface area contributed by atoms with Gasteiger partial charge in [0.05, 0.1) is 10.2 Å². The number of aromatic nitrogens is 2. The molecular weight excluding hydrogens is 314 g/mol. The first-order valence-corrected chi connectivity index (χ1v) is 7.93. The van der Waals surface area contributed by atoms with Gasteiger partial charge in [0.15, 0.2) is 0 Å². The van der Waals surface area contributed by atoms with E-state index in [0.29, 0.717) is 0 Å². The van der Waals surface area contributed by atoms with Crippen molar-refractivity contribution < 1.29 is 4.55 Å². The Bertz CT molecular complexity index is 490. The molecule has 100 valence electrons. The van der Waals surface area contributed by atoms with Crippen molar-refractivity contribution >= 4 is 33.0 Å². The summed E-state index contributed by atoms with van der Waals surface area (Å²) in [7, 11) is 0. The summed E-state index contributed by atoms with van der Waals surface area (Å²) in [6, 6.07) is 0. The molecule has 0 saturated heterocycles. The van der Waals surface area contributed by atoms with Gasteiger partial charge in [-0.25, -0.2) is 0 Å². The van der Waals surface area contributed by atoms with Crippen LogP contribution in [-0.4, -0.2) is 24.8 Å². The smallest absolute Gasteiger partial charge is 0.144 e. The lowest BCUT2D eigenvalue weighted by molar-refractivity contribution is 0.553. The third-order valence-electron chi connectivity index (χ3n) is 2.83. The predicted molar refractivity (Wildman–Crippen MR) is 78.3 cm³/mol. The van der Waals surface area contributed by atoms with Gasteiger partial charge in [-0.3, -0.25) is 4.68 Å². The van der Waals surface area contributed by atoms with E-state index in [1.54, 1.807) is 0 Å². The average molecular weight is 332 g/mol. The normalized spacial score (nSPS) is 20.0. The van der Waals surface area contributed by atoms with Crippen LogP contribution in [0.15, 0.2) is 8.87 Å². The highest BCUT2D eigenvalue weighted by Crippen LogP contribution is 2.28. The monoisotopic (exact) mass is 331 g/mol. The summed E-state index contributed by atoms with van der Waals surface area (Å²) in [6.45, 7) is 8.69. The van der Waals surface area contributed by atoms with Crippen LogP contribution in [0.5, 0.6) is 0 Å². The molecule has 1 aromatic rings. The molecule has 0 spiro atoms. The molecule has 1 unspecified atom stereocenters. The number of halogens is 1. The summed E-state index contributed by atoms with van der Waals surface area (Å²) in [5, 5.41) is 4.46. The van der Waals surface area contributed by atoms with Crippen LogP contribution in [0.1, 0.15) is 45.0 Å². The molecule has 1 aliphatic rings. The summed E-state index contributed by atoms with van der Waals surface area (Å²) in [5.74, 6) is 0. The van der Waals surface area contributed by atoms with E-state index >= 15 is 0 Å². The van der Waals surface area contributed by atoms with E-state index in [9.17, 15) is 4.55 Å². The predicted octanol–water partition coefficient (Wildman–Crippen LogP) is 3.00. The molecule has 2 heterocycles. The molecule has 0 fully saturated rings. The van der Waals surface area contributed by atoms with E-state index < -0.39 is 11.4 Å². The van der Waals surface area contributed by atoms with E-state index in [1.165, 1.54) is 0 Å². The van der Waals surface area contributed by atoms with E-state index in [1.807, 2.05) is 32.4 Å². The average Bonchev–Trinajstić information content (AvgIpc) is 2.54. The Morgan fingerprint density at radius 2 is 2.11 bits per heavy atom. The second kappa shape index (κ2) is 4.98. The Labute approximate surface area is 119 Å². The van der Waals surface area contributed by atoms with Gasteiger partial charge in [-0.1, -0.05) is 4.40 Å². The van der Waals surface area contributed by atoms with Gasteiger partial charge in [0.1, 0.15) is 27.5 Å². The molecule has 0 bridgehead atoms. The molecule has 1 atom stereocenters. The highest BCUT2D eigenvalue weighted by molar-refractivity contribution is 9.10. The van der Waals surface area contributed by atoms with Crippen molar-refractivity contribution in [1.82, 2.24) is 9.78 Å². The Morgan fingerprint density at radius 1 is 1.44 bits per heavy atom. The summed E-state index contributed by atoms with van der Waals surface area (Å²) < 4.78 is 19.2. The lowest BCUT2D eigenvalue weighted by Crippen LogP contribution is -2.28. The minimum absolute atomic E-state index is 0.323. The molecule has 0 N–H and O–H groups in total. The van der Waals surface area contributed by atoms with E-state index in [4.69, 9.17) is 0 Å². The third-order valence-corrected chi connectivity index (χ3v) is 5.21. The minimum atomic E-state index is -1.22. The zero-order chi connectivity index (χ0) is 13.5. The molecule has 2 rings (SSSR count). The van der Waals surface area contributed by atoms with Gasteiger partial charge in [0.2, 0.25) is 0 Å². The zero-order valence-corrected chi connectivity index (χ0v) is 13.6. The maximum atomic E-state index is 12.1. The van der Waals surface area contributed by atoms with Gasteiger partial charge in [-0.2, -0.15) is 5.10 Å². The Kier molecular flexibility index (Phi) is 3.90. The van der Waals surface area contributed by atoms with Crippen LogP contribution in [0, 0.1) is 6.92 Å². The fraction of sp³-hybridized carbons (Fsp3) is 0.667. The summed E-state index contributed by atoms with van der Waals surface area (Å²) in [4.78, 5) is 0. The van der Waals surface area contributed by atoms with Crippen LogP contribution < -0.4 is 0 Å². The standard InChI is InChI=1S/C12H18BrN3OS/c1-8-10(13)11-9(6-5-7-16(11)14-8)15-18(17)12(2,3)4/h5-7H2,1-4H3.